The van der Waals surface area contributed by atoms with Gasteiger partial charge in [0.15, 0.2) is 0 Å². The molecule has 0 unspecified atom stereocenters. The number of rotatable bonds is 7. The molecule has 1 rings (SSSR count). The van der Waals surface area contributed by atoms with Gasteiger partial charge in [-0.1, -0.05) is 23.7 Å². The van der Waals surface area contributed by atoms with Crippen LogP contribution in [0, 0.1) is 0 Å². The molecule has 112 valence electrons. The smallest absolute Gasteiger partial charge is 0.223 e. The van der Waals surface area contributed by atoms with Crippen LogP contribution in [-0.2, 0) is 4.79 Å². The number of para-hydroxylation sites is 1. The summed E-state index contributed by atoms with van der Waals surface area (Å²) < 4.78 is 5.59. The molecular weight excluding hydrogens is 274 g/mol. The Morgan fingerprint density at radius 2 is 1.80 bits per heavy atom. The van der Waals surface area contributed by atoms with Crippen LogP contribution in [0.5, 0.6) is 5.75 Å². The molecule has 0 saturated heterocycles. The van der Waals surface area contributed by atoms with Gasteiger partial charge in [-0.05, 0) is 46.2 Å². The fourth-order valence-electron chi connectivity index (χ4n) is 2.27. The molecule has 0 bridgehead atoms. The first-order valence-electron chi connectivity index (χ1n) is 7.12. The van der Waals surface area contributed by atoms with E-state index in [-0.39, 0.29) is 18.0 Å². The Balaban J connectivity index is 2.37. The second-order valence-corrected chi connectivity index (χ2v) is 5.78. The lowest BCUT2D eigenvalue weighted by Crippen LogP contribution is -2.42. The van der Waals surface area contributed by atoms with Gasteiger partial charge in [0.25, 0.3) is 0 Å². The zero-order chi connectivity index (χ0) is 15.1. The number of amides is 1. The normalized spacial score (nSPS) is 10.9. The molecule has 0 heterocycles. The number of hydrogen-bond donors (Lipinski definition) is 0. The van der Waals surface area contributed by atoms with Gasteiger partial charge >= 0.3 is 0 Å². The lowest BCUT2D eigenvalue weighted by Gasteiger charge is -2.30. The molecule has 0 fully saturated rings. The third kappa shape index (κ3) is 5.04. The summed E-state index contributed by atoms with van der Waals surface area (Å²) in [6, 6.07) is 7.83. The van der Waals surface area contributed by atoms with E-state index in [4.69, 9.17) is 16.3 Å². The minimum atomic E-state index is 0.178. The van der Waals surface area contributed by atoms with E-state index in [0.29, 0.717) is 30.2 Å². The maximum absolute atomic E-state index is 12.1. The summed E-state index contributed by atoms with van der Waals surface area (Å²) in [6.45, 7) is 8.66. The van der Waals surface area contributed by atoms with Gasteiger partial charge in [-0.25, -0.2) is 0 Å². The van der Waals surface area contributed by atoms with Crippen LogP contribution in [0.1, 0.15) is 40.5 Å². The van der Waals surface area contributed by atoms with Gasteiger partial charge in [-0.15, -0.1) is 0 Å². The van der Waals surface area contributed by atoms with Gasteiger partial charge in [0, 0.05) is 18.5 Å². The van der Waals surface area contributed by atoms with Crippen LogP contribution in [0.2, 0.25) is 5.02 Å². The van der Waals surface area contributed by atoms with E-state index >= 15 is 0 Å². The number of carbonyl (C=O) groups excluding carboxylic acids is 1. The SMILES string of the molecule is CC(C)N(C(=O)CCCOc1ccccc1Cl)C(C)C. The molecule has 0 aliphatic heterocycles. The Labute approximate surface area is 126 Å². The molecule has 1 amide bonds. The van der Waals surface area contributed by atoms with Crippen molar-refractivity contribution in [2.75, 3.05) is 6.61 Å². The number of nitrogens with zero attached hydrogens (tertiary/aromatic N) is 1. The Kier molecular flexibility index (Phi) is 6.86. The van der Waals surface area contributed by atoms with Crippen molar-refractivity contribution >= 4 is 17.5 Å². The molecule has 1 aromatic rings. The maximum atomic E-state index is 12.1. The number of hydrogen-bond acceptors (Lipinski definition) is 2. The van der Waals surface area contributed by atoms with E-state index in [0.717, 1.165) is 0 Å². The number of ether oxygens (including phenoxy) is 1. The maximum Gasteiger partial charge on any atom is 0.223 e. The van der Waals surface area contributed by atoms with E-state index < -0.39 is 0 Å². The first-order chi connectivity index (χ1) is 9.43. The summed E-state index contributed by atoms with van der Waals surface area (Å²) in [4.78, 5) is 14.1. The van der Waals surface area contributed by atoms with Crippen molar-refractivity contribution in [3.8, 4) is 5.75 Å². The van der Waals surface area contributed by atoms with Gasteiger partial charge in [-0.3, -0.25) is 4.79 Å². The van der Waals surface area contributed by atoms with E-state index in [1.54, 1.807) is 6.07 Å². The lowest BCUT2D eigenvalue weighted by atomic mass is 10.2. The van der Waals surface area contributed by atoms with Crippen LogP contribution in [0.3, 0.4) is 0 Å². The molecule has 20 heavy (non-hydrogen) atoms. The molecule has 3 nitrogen and oxygen atoms in total. The minimum Gasteiger partial charge on any atom is -0.492 e. The van der Waals surface area contributed by atoms with Crippen molar-refractivity contribution in [3.05, 3.63) is 29.3 Å². The third-order valence-electron chi connectivity index (χ3n) is 3.03. The highest BCUT2D eigenvalue weighted by Crippen LogP contribution is 2.23. The first-order valence-corrected chi connectivity index (χ1v) is 7.49. The number of carbonyl (C=O) groups is 1. The Morgan fingerprint density at radius 1 is 1.20 bits per heavy atom. The molecule has 1 aromatic carbocycles. The summed E-state index contributed by atoms with van der Waals surface area (Å²) in [5.74, 6) is 0.851. The van der Waals surface area contributed by atoms with Gasteiger partial charge in [0.2, 0.25) is 5.91 Å². The fraction of sp³-hybridized carbons (Fsp3) is 0.562. The highest BCUT2D eigenvalue weighted by atomic mass is 35.5. The highest BCUT2D eigenvalue weighted by Gasteiger charge is 2.19. The predicted molar refractivity (Wildman–Crippen MR) is 83.3 cm³/mol. The molecular formula is C16H24ClNO2. The molecule has 0 atom stereocenters. The van der Waals surface area contributed by atoms with E-state index in [2.05, 4.69) is 0 Å². The zero-order valence-corrected chi connectivity index (χ0v) is 13.5. The molecule has 0 radical (unpaired) electrons. The van der Waals surface area contributed by atoms with Crippen LogP contribution in [0.4, 0.5) is 0 Å². The number of benzene rings is 1. The van der Waals surface area contributed by atoms with E-state index in [1.165, 1.54) is 0 Å². The second kappa shape index (κ2) is 8.15. The molecule has 0 saturated carbocycles. The average Bonchev–Trinajstić information content (AvgIpc) is 2.35. The average molecular weight is 298 g/mol. The summed E-state index contributed by atoms with van der Waals surface area (Å²) in [6.07, 6.45) is 1.20. The van der Waals surface area contributed by atoms with Crippen LogP contribution in [0.15, 0.2) is 24.3 Å². The van der Waals surface area contributed by atoms with E-state index in [1.807, 2.05) is 50.8 Å². The standard InChI is InChI=1S/C16H24ClNO2/c1-12(2)18(13(3)4)16(19)10-7-11-20-15-9-6-5-8-14(15)17/h5-6,8-9,12-13H,7,10-11H2,1-4H3. The Hall–Kier alpha value is -1.22. The van der Waals surface area contributed by atoms with Gasteiger partial charge in [0.1, 0.15) is 5.75 Å². The summed E-state index contributed by atoms with van der Waals surface area (Å²) >= 11 is 6.00. The largest absolute Gasteiger partial charge is 0.492 e. The van der Waals surface area contributed by atoms with Crippen molar-refractivity contribution in [2.24, 2.45) is 0 Å². The minimum absolute atomic E-state index is 0.178. The molecule has 0 spiro atoms. The van der Waals surface area contributed by atoms with E-state index in [9.17, 15) is 4.79 Å². The van der Waals surface area contributed by atoms with Gasteiger partial charge < -0.3 is 9.64 Å². The predicted octanol–water partition coefficient (Wildman–Crippen LogP) is 4.14. The topological polar surface area (TPSA) is 29.5 Å². The number of halogens is 1. The van der Waals surface area contributed by atoms with Gasteiger partial charge in [0.05, 0.1) is 11.6 Å². The van der Waals surface area contributed by atoms with Crippen LogP contribution in [-0.4, -0.2) is 29.5 Å². The van der Waals surface area contributed by atoms with Crippen LogP contribution >= 0.6 is 11.6 Å². The molecule has 0 N–H and O–H groups in total. The fourth-order valence-corrected chi connectivity index (χ4v) is 2.46. The van der Waals surface area contributed by atoms with Crippen molar-refractivity contribution in [2.45, 2.75) is 52.6 Å². The van der Waals surface area contributed by atoms with Crippen molar-refractivity contribution in [1.29, 1.82) is 0 Å². The quantitative estimate of drug-likeness (QED) is 0.708. The van der Waals surface area contributed by atoms with Gasteiger partial charge in [-0.2, -0.15) is 0 Å². The molecule has 0 aromatic heterocycles. The zero-order valence-electron chi connectivity index (χ0n) is 12.7. The van der Waals surface area contributed by atoms with Crippen molar-refractivity contribution in [1.82, 2.24) is 4.90 Å². The molecule has 4 heteroatoms. The third-order valence-corrected chi connectivity index (χ3v) is 3.34. The Bertz CT molecular complexity index is 424. The second-order valence-electron chi connectivity index (χ2n) is 5.37. The summed E-state index contributed by atoms with van der Waals surface area (Å²) in [5.41, 5.74) is 0. The molecule has 0 aliphatic carbocycles. The first kappa shape index (κ1) is 16.8. The summed E-state index contributed by atoms with van der Waals surface area (Å²) in [7, 11) is 0. The lowest BCUT2D eigenvalue weighted by molar-refractivity contribution is -0.135. The van der Waals surface area contributed by atoms with Crippen molar-refractivity contribution < 1.29 is 9.53 Å². The monoisotopic (exact) mass is 297 g/mol. The highest BCUT2D eigenvalue weighted by molar-refractivity contribution is 6.32. The molecule has 0 aliphatic rings. The summed E-state index contributed by atoms with van der Waals surface area (Å²) in [5, 5.41) is 0.602. The Morgan fingerprint density at radius 3 is 2.35 bits per heavy atom. The van der Waals surface area contributed by atoms with Crippen LogP contribution in [0.25, 0.3) is 0 Å². The van der Waals surface area contributed by atoms with Crippen molar-refractivity contribution in [3.63, 3.8) is 0 Å². The van der Waals surface area contributed by atoms with Crippen LogP contribution < -0.4 is 4.74 Å².